The summed E-state index contributed by atoms with van der Waals surface area (Å²) in [6.07, 6.45) is 6.47. The molecule has 35 heavy (non-hydrogen) atoms. The van der Waals surface area contributed by atoms with Crippen LogP contribution in [-0.4, -0.2) is 46.7 Å². The highest BCUT2D eigenvalue weighted by atomic mass is 16.2. The number of likely N-dealkylation sites (N-methyl/N-ethyl adjacent to an activating group) is 1. The van der Waals surface area contributed by atoms with Gasteiger partial charge in [-0.2, -0.15) is 0 Å². The quantitative estimate of drug-likeness (QED) is 0.440. The van der Waals surface area contributed by atoms with Crippen LogP contribution in [0.5, 0.6) is 0 Å². The molecule has 2 atom stereocenters. The van der Waals surface area contributed by atoms with Crippen molar-refractivity contribution in [3.05, 3.63) is 53.4 Å². The molecular weight excluding hydrogens is 440 g/mol. The zero-order valence-corrected chi connectivity index (χ0v) is 22.2. The Bertz CT molecular complexity index is 1110. The second kappa shape index (κ2) is 12.4. The fourth-order valence-corrected chi connectivity index (χ4v) is 4.18. The minimum atomic E-state index is -0.689. The lowest BCUT2D eigenvalue weighted by Gasteiger charge is -2.33. The van der Waals surface area contributed by atoms with E-state index in [4.69, 9.17) is 0 Å². The number of hydrogen-bond donors (Lipinski definition) is 3. The Hall–Kier alpha value is -3.35. The van der Waals surface area contributed by atoms with Crippen molar-refractivity contribution in [3.8, 4) is 0 Å². The Labute approximate surface area is 209 Å². The molecule has 0 aliphatic rings. The van der Waals surface area contributed by atoms with Gasteiger partial charge in [0.2, 0.25) is 17.7 Å². The smallest absolute Gasteiger partial charge is 0.246 e. The summed E-state index contributed by atoms with van der Waals surface area (Å²) in [7, 11) is 1.62. The molecule has 190 valence electrons. The Kier molecular flexibility index (Phi) is 9.87. The third kappa shape index (κ3) is 7.31. The number of benzene rings is 1. The monoisotopic (exact) mass is 480 g/mol. The highest BCUT2D eigenvalue weighted by Crippen LogP contribution is 2.24. The first-order valence-corrected chi connectivity index (χ1v) is 12.2. The van der Waals surface area contributed by atoms with Crippen LogP contribution in [0.15, 0.2) is 42.1 Å². The molecule has 0 saturated carbocycles. The predicted octanol–water partition coefficient (Wildman–Crippen LogP) is 4.41. The van der Waals surface area contributed by atoms with E-state index < -0.39 is 12.1 Å². The molecule has 0 spiro atoms. The zero-order chi connectivity index (χ0) is 26.3. The molecule has 2 rings (SSSR count). The van der Waals surface area contributed by atoms with Gasteiger partial charge in [0.15, 0.2) is 0 Å². The van der Waals surface area contributed by atoms with Gasteiger partial charge < -0.3 is 20.5 Å². The maximum Gasteiger partial charge on any atom is 0.246 e. The third-order valence-electron chi connectivity index (χ3n) is 5.97. The SMILES string of the molecule is CC(=O)N[C@@H](C(=O)N(C)[C@H](C(=O)N/C=C/c1c(CC=C(C)C)[nH]c2ccccc12)C(C)C)C(C)C. The van der Waals surface area contributed by atoms with E-state index in [1.165, 1.54) is 17.4 Å². The maximum absolute atomic E-state index is 13.2. The van der Waals surface area contributed by atoms with Gasteiger partial charge in [0.1, 0.15) is 12.1 Å². The number of nitrogens with zero attached hydrogens (tertiary/aromatic N) is 1. The first-order valence-electron chi connectivity index (χ1n) is 12.2. The van der Waals surface area contributed by atoms with Crippen molar-refractivity contribution in [1.82, 2.24) is 20.5 Å². The van der Waals surface area contributed by atoms with Crippen molar-refractivity contribution >= 4 is 34.7 Å². The van der Waals surface area contributed by atoms with Crippen molar-refractivity contribution in [2.75, 3.05) is 7.05 Å². The van der Waals surface area contributed by atoms with Gasteiger partial charge in [-0.15, -0.1) is 0 Å². The van der Waals surface area contributed by atoms with Crippen LogP contribution in [0.25, 0.3) is 17.0 Å². The number of carbonyl (C=O) groups is 3. The van der Waals surface area contributed by atoms with Gasteiger partial charge in [0.25, 0.3) is 0 Å². The summed E-state index contributed by atoms with van der Waals surface area (Å²) in [5.41, 5.74) is 4.37. The number of hydrogen-bond acceptors (Lipinski definition) is 3. The molecule has 0 aliphatic heterocycles. The molecule has 0 fully saturated rings. The largest absolute Gasteiger partial charge is 0.358 e. The minimum absolute atomic E-state index is 0.106. The topological polar surface area (TPSA) is 94.3 Å². The first kappa shape index (κ1) is 27.9. The van der Waals surface area contributed by atoms with Gasteiger partial charge in [0, 0.05) is 48.8 Å². The molecule has 0 aliphatic carbocycles. The zero-order valence-electron chi connectivity index (χ0n) is 22.2. The summed E-state index contributed by atoms with van der Waals surface area (Å²) in [4.78, 5) is 42.9. The van der Waals surface area contributed by atoms with Gasteiger partial charge in [0.05, 0.1) is 0 Å². The van der Waals surface area contributed by atoms with Crippen LogP contribution in [0, 0.1) is 11.8 Å². The van der Waals surface area contributed by atoms with Crippen molar-refractivity contribution < 1.29 is 14.4 Å². The van der Waals surface area contributed by atoms with E-state index in [2.05, 4.69) is 41.6 Å². The normalized spacial score (nSPS) is 13.2. The fourth-order valence-electron chi connectivity index (χ4n) is 4.18. The number of rotatable bonds is 10. The van der Waals surface area contributed by atoms with E-state index in [1.54, 1.807) is 13.2 Å². The number of nitrogens with one attached hydrogen (secondary N) is 3. The third-order valence-corrected chi connectivity index (χ3v) is 5.97. The Balaban J connectivity index is 2.25. The van der Waals surface area contributed by atoms with Crippen molar-refractivity contribution in [1.29, 1.82) is 0 Å². The summed E-state index contributed by atoms with van der Waals surface area (Å²) in [5.74, 6) is -1.06. The van der Waals surface area contributed by atoms with Crippen LogP contribution in [-0.2, 0) is 20.8 Å². The summed E-state index contributed by atoms with van der Waals surface area (Å²) in [5, 5.41) is 6.67. The molecule has 3 N–H and O–H groups in total. The molecule has 3 amide bonds. The highest BCUT2D eigenvalue weighted by molar-refractivity contribution is 5.93. The molecule has 0 saturated heterocycles. The summed E-state index contributed by atoms with van der Waals surface area (Å²) in [6.45, 7) is 13.1. The van der Waals surface area contributed by atoms with E-state index in [9.17, 15) is 14.4 Å². The maximum atomic E-state index is 13.2. The van der Waals surface area contributed by atoms with Gasteiger partial charge in [-0.3, -0.25) is 14.4 Å². The second-order valence-electron chi connectivity index (χ2n) is 9.95. The average Bonchev–Trinajstić information content (AvgIpc) is 3.12. The Morgan fingerprint density at radius 3 is 2.26 bits per heavy atom. The standard InChI is InChI=1S/C28H40N4O3/c1-17(2)13-14-24-22(21-11-9-10-12-23(21)31-24)15-16-29-27(34)26(19(5)6)32(8)28(35)25(18(3)4)30-20(7)33/h9-13,15-16,18-19,25-26,31H,14H2,1-8H3,(H,29,34)(H,30,33)/b16-15+/t25-,26+/m1/s1. The molecule has 0 bridgehead atoms. The molecule has 1 heterocycles. The van der Waals surface area contributed by atoms with E-state index in [-0.39, 0.29) is 29.6 Å². The number of aromatic amines is 1. The van der Waals surface area contributed by atoms with Crippen molar-refractivity contribution in [2.45, 2.75) is 67.0 Å². The molecule has 0 unspecified atom stereocenters. The molecule has 0 radical (unpaired) electrons. The van der Waals surface area contributed by atoms with Crippen molar-refractivity contribution in [2.24, 2.45) is 11.8 Å². The van der Waals surface area contributed by atoms with Gasteiger partial charge >= 0.3 is 0 Å². The summed E-state index contributed by atoms with van der Waals surface area (Å²) in [6, 6.07) is 6.70. The lowest BCUT2D eigenvalue weighted by Crippen LogP contribution is -2.56. The molecule has 2 aromatic rings. The lowest BCUT2D eigenvalue weighted by atomic mass is 9.98. The Morgan fingerprint density at radius 2 is 1.69 bits per heavy atom. The highest BCUT2D eigenvalue weighted by Gasteiger charge is 2.34. The van der Waals surface area contributed by atoms with E-state index >= 15 is 0 Å². The second-order valence-corrected chi connectivity index (χ2v) is 9.95. The van der Waals surface area contributed by atoms with E-state index in [0.29, 0.717) is 0 Å². The van der Waals surface area contributed by atoms with E-state index in [0.717, 1.165) is 28.6 Å². The minimum Gasteiger partial charge on any atom is -0.358 e. The van der Waals surface area contributed by atoms with Crippen LogP contribution in [0.2, 0.25) is 0 Å². The number of amides is 3. The van der Waals surface area contributed by atoms with Crippen LogP contribution >= 0.6 is 0 Å². The number of aromatic nitrogens is 1. The molecule has 1 aromatic heterocycles. The van der Waals surface area contributed by atoms with E-state index in [1.807, 2.05) is 52.0 Å². The van der Waals surface area contributed by atoms with Gasteiger partial charge in [-0.25, -0.2) is 0 Å². The molecular formula is C28H40N4O3. The molecule has 7 heteroatoms. The van der Waals surface area contributed by atoms with Gasteiger partial charge in [-0.1, -0.05) is 57.5 Å². The predicted molar refractivity (Wildman–Crippen MR) is 142 cm³/mol. The Morgan fingerprint density at radius 1 is 1.03 bits per heavy atom. The van der Waals surface area contributed by atoms with Gasteiger partial charge in [-0.05, 0) is 37.8 Å². The van der Waals surface area contributed by atoms with Crippen LogP contribution in [0.1, 0.15) is 59.7 Å². The fraction of sp³-hybridized carbons (Fsp3) is 0.464. The average molecular weight is 481 g/mol. The van der Waals surface area contributed by atoms with Crippen molar-refractivity contribution in [3.63, 3.8) is 0 Å². The number of allylic oxidation sites excluding steroid dienone is 2. The molecule has 7 nitrogen and oxygen atoms in total. The van der Waals surface area contributed by atoms with Crippen LogP contribution in [0.4, 0.5) is 0 Å². The number of carbonyl (C=O) groups excluding carboxylic acids is 3. The van der Waals surface area contributed by atoms with Crippen LogP contribution in [0.3, 0.4) is 0 Å². The lowest BCUT2D eigenvalue weighted by molar-refractivity contribution is -0.143. The van der Waals surface area contributed by atoms with Crippen LogP contribution < -0.4 is 10.6 Å². The molecule has 1 aromatic carbocycles. The summed E-state index contributed by atoms with van der Waals surface area (Å²) < 4.78 is 0. The number of H-pyrrole nitrogens is 1. The first-order chi connectivity index (χ1) is 16.4. The number of para-hydroxylation sites is 1. The number of fused-ring (bicyclic) bond motifs is 1. The summed E-state index contributed by atoms with van der Waals surface area (Å²) >= 11 is 0.